The van der Waals surface area contributed by atoms with E-state index in [1.54, 1.807) is 25.1 Å². The van der Waals surface area contributed by atoms with Crippen LogP contribution in [-0.4, -0.2) is 0 Å². The van der Waals surface area contributed by atoms with Gasteiger partial charge in [-0.25, -0.2) is 0 Å². The summed E-state index contributed by atoms with van der Waals surface area (Å²) in [6, 6.07) is 5.14. The molecule has 1 aromatic rings. The van der Waals surface area contributed by atoms with Gasteiger partial charge in [0.05, 0.1) is 0 Å². The first-order valence-corrected chi connectivity index (χ1v) is 2.95. The van der Waals surface area contributed by atoms with Gasteiger partial charge in [0.1, 0.15) is 0 Å². The molecule has 0 saturated heterocycles. The summed E-state index contributed by atoms with van der Waals surface area (Å²) in [7, 11) is 0. The van der Waals surface area contributed by atoms with Crippen molar-refractivity contribution in [3.63, 3.8) is 0 Å². The van der Waals surface area contributed by atoms with Gasteiger partial charge < -0.3 is 5.21 Å². The van der Waals surface area contributed by atoms with Crippen LogP contribution in [0.1, 0.15) is 12.6 Å². The number of rotatable bonds is 0. The van der Waals surface area contributed by atoms with Crippen LogP contribution in [0.3, 0.4) is 0 Å². The second kappa shape index (κ2) is 2.88. The van der Waals surface area contributed by atoms with Gasteiger partial charge in [0.2, 0.25) is 0 Å². The number of aromatic nitrogens is 1. The van der Waals surface area contributed by atoms with Crippen molar-refractivity contribution in [3.8, 4) is 11.8 Å². The molecule has 1 aromatic heterocycles. The number of hydrogen-bond donors (Lipinski definition) is 0. The molecule has 0 amide bonds. The highest BCUT2D eigenvalue weighted by Crippen LogP contribution is 1.85. The van der Waals surface area contributed by atoms with Crippen LogP contribution in [-0.2, 0) is 0 Å². The Balaban J connectivity index is 3.11. The van der Waals surface area contributed by atoms with E-state index in [0.717, 1.165) is 4.73 Å². The van der Waals surface area contributed by atoms with E-state index >= 15 is 0 Å². The fraction of sp³-hybridized carbons (Fsp3) is 0.125. The molecule has 50 valence electrons. The molecule has 0 N–H and O–H groups in total. The van der Waals surface area contributed by atoms with Crippen LogP contribution < -0.4 is 4.73 Å². The predicted molar refractivity (Wildman–Crippen MR) is 38.0 cm³/mol. The molecule has 0 saturated carbocycles. The van der Waals surface area contributed by atoms with Gasteiger partial charge in [-0.3, -0.25) is 0 Å². The third kappa shape index (κ3) is 1.26. The van der Waals surface area contributed by atoms with Crippen LogP contribution in [0.25, 0.3) is 0 Å². The van der Waals surface area contributed by atoms with Crippen LogP contribution in [0.4, 0.5) is 0 Å². The Bertz CT molecular complexity index is 283. The molecule has 0 unspecified atom stereocenters. The Morgan fingerprint density at radius 1 is 1.50 bits per heavy atom. The summed E-state index contributed by atoms with van der Waals surface area (Å²) in [5.74, 6) is 5.33. The van der Waals surface area contributed by atoms with Gasteiger partial charge in [-0.1, -0.05) is 5.92 Å². The molecule has 0 atom stereocenters. The lowest BCUT2D eigenvalue weighted by atomic mass is 10.3. The third-order valence-corrected chi connectivity index (χ3v) is 1.08. The Morgan fingerprint density at radius 2 is 2.30 bits per heavy atom. The van der Waals surface area contributed by atoms with Gasteiger partial charge in [-0.05, 0) is 13.0 Å². The topological polar surface area (TPSA) is 26.9 Å². The van der Waals surface area contributed by atoms with Crippen molar-refractivity contribution in [1.82, 2.24) is 0 Å². The highest BCUT2D eigenvalue weighted by Gasteiger charge is 1.94. The molecule has 1 heterocycles. The fourth-order valence-electron chi connectivity index (χ4n) is 0.653. The first-order valence-electron chi connectivity index (χ1n) is 2.95. The quantitative estimate of drug-likeness (QED) is 0.290. The average molecular weight is 133 g/mol. The van der Waals surface area contributed by atoms with Gasteiger partial charge in [0.25, 0.3) is 5.69 Å². The maximum atomic E-state index is 10.8. The van der Waals surface area contributed by atoms with E-state index in [9.17, 15) is 5.21 Å². The zero-order chi connectivity index (χ0) is 7.40. The van der Waals surface area contributed by atoms with Crippen LogP contribution in [0, 0.1) is 17.0 Å². The third-order valence-electron chi connectivity index (χ3n) is 1.08. The van der Waals surface area contributed by atoms with Gasteiger partial charge in [0, 0.05) is 18.1 Å². The first kappa shape index (κ1) is 6.63. The number of pyridine rings is 1. The molecule has 10 heavy (non-hydrogen) atoms. The molecular formula is C8H7NO. The van der Waals surface area contributed by atoms with Gasteiger partial charge >= 0.3 is 0 Å². The summed E-state index contributed by atoms with van der Waals surface area (Å²) in [6.45, 7) is 1.70. The van der Waals surface area contributed by atoms with E-state index in [1.807, 2.05) is 0 Å². The van der Waals surface area contributed by atoms with Crippen LogP contribution in [0.15, 0.2) is 24.4 Å². The minimum atomic E-state index is 0.491. The normalized spacial score (nSPS) is 8.10. The van der Waals surface area contributed by atoms with Crippen molar-refractivity contribution in [1.29, 1.82) is 0 Å². The summed E-state index contributed by atoms with van der Waals surface area (Å²) in [5.41, 5.74) is 0.491. The first-order chi connectivity index (χ1) is 4.84. The average Bonchev–Trinajstić information content (AvgIpc) is 1.94. The summed E-state index contributed by atoms with van der Waals surface area (Å²) in [6.07, 6.45) is 1.43. The second-order valence-corrected chi connectivity index (χ2v) is 1.79. The van der Waals surface area contributed by atoms with Crippen molar-refractivity contribution in [2.24, 2.45) is 0 Å². The molecule has 1 rings (SSSR count). The molecule has 0 radical (unpaired) electrons. The highest BCUT2D eigenvalue weighted by atomic mass is 16.5. The van der Waals surface area contributed by atoms with Gasteiger partial charge in [0.15, 0.2) is 6.20 Å². The van der Waals surface area contributed by atoms with Crippen molar-refractivity contribution in [2.75, 3.05) is 0 Å². The minimum absolute atomic E-state index is 0.491. The lowest BCUT2D eigenvalue weighted by Gasteiger charge is -1.94. The molecule has 0 aliphatic rings. The van der Waals surface area contributed by atoms with Crippen molar-refractivity contribution < 1.29 is 4.73 Å². The van der Waals surface area contributed by atoms with E-state index < -0.39 is 0 Å². The van der Waals surface area contributed by atoms with Gasteiger partial charge in [-0.15, -0.1) is 0 Å². The smallest absolute Gasteiger partial charge is 0.268 e. The minimum Gasteiger partial charge on any atom is -0.618 e. The summed E-state index contributed by atoms with van der Waals surface area (Å²) < 4.78 is 0.747. The Morgan fingerprint density at radius 3 is 2.90 bits per heavy atom. The Hall–Kier alpha value is -1.49. The maximum Gasteiger partial charge on any atom is 0.268 e. The standard InChI is InChI=1S/C8H7NO/c1-2-5-8-6-3-4-7-9(8)10/h3-4,6-7H,1H3. The predicted octanol–water partition coefficient (Wildman–Crippen LogP) is 0.691. The van der Waals surface area contributed by atoms with Crippen molar-refractivity contribution >= 4 is 0 Å². The molecule has 0 aromatic carbocycles. The number of nitrogens with zero attached hydrogens (tertiary/aromatic N) is 1. The van der Waals surface area contributed by atoms with E-state index in [2.05, 4.69) is 11.8 Å². The van der Waals surface area contributed by atoms with Crippen molar-refractivity contribution in [3.05, 3.63) is 35.3 Å². The van der Waals surface area contributed by atoms with Crippen LogP contribution >= 0.6 is 0 Å². The van der Waals surface area contributed by atoms with E-state index in [1.165, 1.54) is 6.20 Å². The summed E-state index contributed by atoms with van der Waals surface area (Å²) in [4.78, 5) is 0. The lowest BCUT2D eigenvalue weighted by Crippen LogP contribution is -2.28. The highest BCUT2D eigenvalue weighted by molar-refractivity contribution is 5.21. The molecular weight excluding hydrogens is 126 g/mol. The molecule has 0 aliphatic heterocycles. The largest absolute Gasteiger partial charge is 0.618 e. The molecule has 2 nitrogen and oxygen atoms in total. The van der Waals surface area contributed by atoms with E-state index in [4.69, 9.17) is 0 Å². The second-order valence-electron chi connectivity index (χ2n) is 1.79. The fourth-order valence-corrected chi connectivity index (χ4v) is 0.653. The van der Waals surface area contributed by atoms with Crippen LogP contribution in [0.5, 0.6) is 0 Å². The molecule has 0 spiro atoms. The van der Waals surface area contributed by atoms with Crippen LogP contribution in [0.2, 0.25) is 0 Å². The van der Waals surface area contributed by atoms with Crippen molar-refractivity contribution in [2.45, 2.75) is 6.92 Å². The zero-order valence-corrected chi connectivity index (χ0v) is 5.66. The molecule has 0 aliphatic carbocycles. The number of hydrogen-bond acceptors (Lipinski definition) is 1. The van der Waals surface area contributed by atoms with E-state index in [0.29, 0.717) is 5.69 Å². The van der Waals surface area contributed by atoms with E-state index in [-0.39, 0.29) is 0 Å². The summed E-state index contributed by atoms with van der Waals surface area (Å²) in [5, 5.41) is 10.8. The Labute approximate surface area is 59.7 Å². The lowest BCUT2D eigenvalue weighted by molar-refractivity contribution is -0.608. The Kier molecular flexibility index (Phi) is 1.91. The zero-order valence-electron chi connectivity index (χ0n) is 5.66. The monoisotopic (exact) mass is 133 g/mol. The molecule has 0 fully saturated rings. The molecule has 0 bridgehead atoms. The maximum absolute atomic E-state index is 10.8. The summed E-state index contributed by atoms with van der Waals surface area (Å²) >= 11 is 0. The SMILES string of the molecule is CC#Cc1cccc[n+]1[O-]. The van der Waals surface area contributed by atoms with Gasteiger partial charge in [-0.2, -0.15) is 4.73 Å². The molecule has 2 heteroatoms.